The summed E-state index contributed by atoms with van der Waals surface area (Å²) in [6.45, 7) is 2.60. The molecule has 0 bridgehead atoms. The number of nitrogens with one attached hydrogen (secondary N) is 1. The second-order valence-electron chi connectivity index (χ2n) is 4.32. The zero-order chi connectivity index (χ0) is 10.7. The Morgan fingerprint density at radius 1 is 1.40 bits per heavy atom. The zero-order valence-electron chi connectivity index (χ0n) is 9.12. The Morgan fingerprint density at radius 3 is 2.67 bits per heavy atom. The minimum Gasteiger partial charge on any atom is -0.354 e. The van der Waals surface area contributed by atoms with Crippen LogP contribution in [0.5, 0.6) is 0 Å². The van der Waals surface area contributed by atoms with Crippen molar-refractivity contribution in [2.45, 2.75) is 44.6 Å². The van der Waals surface area contributed by atoms with E-state index in [2.05, 4.69) is 14.7 Å². The Hall–Kier alpha value is -0.680. The lowest BCUT2D eigenvalue weighted by Crippen LogP contribution is -2.46. The number of aromatic nitrogens is 2. The first kappa shape index (κ1) is 10.8. The molecule has 5 heteroatoms. The van der Waals surface area contributed by atoms with Gasteiger partial charge in [0.1, 0.15) is 5.82 Å². The SMILES string of the molecule is Cc1nsc(NC2(CN)CCCCC2)n1. The second-order valence-corrected chi connectivity index (χ2v) is 5.07. The molecule has 84 valence electrons. The summed E-state index contributed by atoms with van der Waals surface area (Å²) >= 11 is 1.43. The maximum absolute atomic E-state index is 5.89. The Morgan fingerprint density at radius 2 is 2.13 bits per heavy atom. The van der Waals surface area contributed by atoms with Gasteiger partial charge in [-0.15, -0.1) is 0 Å². The molecule has 0 unspecified atom stereocenters. The lowest BCUT2D eigenvalue weighted by atomic mass is 9.82. The van der Waals surface area contributed by atoms with Crippen molar-refractivity contribution in [3.63, 3.8) is 0 Å². The number of nitrogens with zero attached hydrogens (tertiary/aromatic N) is 2. The van der Waals surface area contributed by atoms with E-state index in [1.165, 1.54) is 30.8 Å². The van der Waals surface area contributed by atoms with E-state index in [0.29, 0.717) is 6.54 Å². The van der Waals surface area contributed by atoms with Crippen molar-refractivity contribution in [2.75, 3.05) is 11.9 Å². The Balaban J connectivity index is 2.06. The number of hydrogen-bond donors (Lipinski definition) is 2. The van der Waals surface area contributed by atoms with E-state index in [0.717, 1.165) is 23.8 Å². The molecule has 1 fully saturated rings. The predicted molar refractivity (Wildman–Crippen MR) is 63.1 cm³/mol. The molecule has 0 saturated heterocycles. The van der Waals surface area contributed by atoms with E-state index < -0.39 is 0 Å². The average molecular weight is 226 g/mol. The molecule has 4 nitrogen and oxygen atoms in total. The highest BCUT2D eigenvalue weighted by atomic mass is 32.1. The lowest BCUT2D eigenvalue weighted by molar-refractivity contribution is 0.331. The number of nitrogens with two attached hydrogens (primary N) is 1. The van der Waals surface area contributed by atoms with Gasteiger partial charge in [-0.3, -0.25) is 0 Å². The molecule has 1 heterocycles. The first-order valence-electron chi connectivity index (χ1n) is 5.53. The van der Waals surface area contributed by atoms with Gasteiger partial charge in [-0.25, -0.2) is 4.98 Å². The molecular weight excluding hydrogens is 208 g/mol. The van der Waals surface area contributed by atoms with E-state index >= 15 is 0 Å². The minimum absolute atomic E-state index is 0.0736. The molecule has 1 saturated carbocycles. The van der Waals surface area contributed by atoms with Crippen LogP contribution >= 0.6 is 11.5 Å². The van der Waals surface area contributed by atoms with Crippen molar-refractivity contribution >= 4 is 16.7 Å². The third kappa shape index (κ3) is 2.46. The third-order valence-electron chi connectivity index (χ3n) is 3.10. The number of aryl methyl sites for hydroxylation is 1. The van der Waals surface area contributed by atoms with Gasteiger partial charge in [0.25, 0.3) is 0 Å². The maximum atomic E-state index is 5.89. The van der Waals surface area contributed by atoms with Gasteiger partial charge in [-0.1, -0.05) is 19.3 Å². The number of rotatable bonds is 3. The Kier molecular flexibility index (Phi) is 3.21. The molecule has 1 aromatic rings. The van der Waals surface area contributed by atoms with Crippen molar-refractivity contribution in [3.8, 4) is 0 Å². The summed E-state index contributed by atoms with van der Waals surface area (Å²) in [6, 6.07) is 0. The highest BCUT2D eigenvalue weighted by Crippen LogP contribution is 2.31. The molecular formula is C10H18N4S. The highest BCUT2D eigenvalue weighted by molar-refractivity contribution is 7.09. The largest absolute Gasteiger partial charge is 0.354 e. The number of hydrogen-bond acceptors (Lipinski definition) is 5. The van der Waals surface area contributed by atoms with Gasteiger partial charge in [-0.05, 0) is 19.8 Å². The second kappa shape index (κ2) is 4.45. The Labute approximate surface area is 94.5 Å². The molecule has 0 aliphatic heterocycles. The molecule has 1 aliphatic rings. The van der Waals surface area contributed by atoms with Crippen LogP contribution < -0.4 is 11.1 Å². The van der Waals surface area contributed by atoms with Gasteiger partial charge in [0.2, 0.25) is 5.13 Å². The van der Waals surface area contributed by atoms with E-state index in [1.807, 2.05) is 6.92 Å². The van der Waals surface area contributed by atoms with Crippen molar-refractivity contribution in [2.24, 2.45) is 5.73 Å². The third-order valence-corrected chi connectivity index (χ3v) is 3.82. The Bertz CT molecular complexity index is 317. The average Bonchev–Trinajstić information content (AvgIpc) is 2.65. The normalized spacial score (nSPS) is 20.1. The fraction of sp³-hybridized carbons (Fsp3) is 0.800. The summed E-state index contributed by atoms with van der Waals surface area (Å²) in [6.07, 6.45) is 6.17. The van der Waals surface area contributed by atoms with Crippen LogP contribution in [0.25, 0.3) is 0 Å². The van der Waals surface area contributed by atoms with E-state index in [4.69, 9.17) is 5.73 Å². The van der Waals surface area contributed by atoms with Crippen LogP contribution in [-0.4, -0.2) is 21.4 Å². The van der Waals surface area contributed by atoms with E-state index in [9.17, 15) is 0 Å². The van der Waals surface area contributed by atoms with Gasteiger partial charge in [0.15, 0.2) is 0 Å². The maximum Gasteiger partial charge on any atom is 0.203 e. The van der Waals surface area contributed by atoms with Crippen LogP contribution in [0.4, 0.5) is 5.13 Å². The standard InChI is InChI=1S/C10H18N4S/c1-8-12-9(15-14-8)13-10(7-11)5-3-2-4-6-10/h2-7,11H2,1H3,(H,12,13,14). The van der Waals surface area contributed by atoms with Gasteiger partial charge in [0, 0.05) is 18.1 Å². The molecule has 1 aromatic heterocycles. The predicted octanol–water partition coefficient (Wildman–Crippen LogP) is 1.92. The van der Waals surface area contributed by atoms with Crippen LogP contribution in [0, 0.1) is 6.92 Å². The molecule has 0 aromatic carbocycles. The van der Waals surface area contributed by atoms with Crippen LogP contribution in [0.15, 0.2) is 0 Å². The van der Waals surface area contributed by atoms with Crippen LogP contribution in [0.3, 0.4) is 0 Å². The molecule has 3 N–H and O–H groups in total. The van der Waals surface area contributed by atoms with E-state index in [-0.39, 0.29) is 5.54 Å². The number of anilines is 1. The molecule has 0 radical (unpaired) electrons. The fourth-order valence-corrected chi connectivity index (χ4v) is 2.88. The van der Waals surface area contributed by atoms with Gasteiger partial charge in [0.05, 0.1) is 5.54 Å². The summed E-state index contributed by atoms with van der Waals surface area (Å²) in [5.41, 5.74) is 5.96. The quantitative estimate of drug-likeness (QED) is 0.826. The molecule has 1 aliphatic carbocycles. The van der Waals surface area contributed by atoms with Gasteiger partial charge in [-0.2, -0.15) is 4.37 Å². The van der Waals surface area contributed by atoms with Crippen molar-refractivity contribution in [1.82, 2.24) is 9.36 Å². The fourth-order valence-electron chi connectivity index (χ4n) is 2.18. The summed E-state index contributed by atoms with van der Waals surface area (Å²) in [7, 11) is 0. The highest BCUT2D eigenvalue weighted by Gasteiger charge is 2.31. The molecule has 15 heavy (non-hydrogen) atoms. The summed E-state index contributed by atoms with van der Waals surface area (Å²) in [4.78, 5) is 4.34. The molecule has 0 atom stereocenters. The summed E-state index contributed by atoms with van der Waals surface area (Å²) < 4.78 is 4.17. The summed E-state index contributed by atoms with van der Waals surface area (Å²) in [5, 5.41) is 4.40. The van der Waals surface area contributed by atoms with E-state index in [1.54, 1.807) is 0 Å². The smallest absolute Gasteiger partial charge is 0.203 e. The summed E-state index contributed by atoms with van der Waals surface area (Å²) in [5.74, 6) is 0.838. The van der Waals surface area contributed by atoms with Crippen molar-refractivity contribution in [1.29, 1.82) is 0 Å². The van der Waals surface area contributed by atoms with Crippen LogP contribution in [0.2, 0.25) is 0 Å². The van der Waals surface area contributed by atoms with Crippen LogP contribution in [-0.2, 0) is 0 Å². The monoisotopic (exact) mass is 226 g/mol. The lowest BCUT2D eigenvalue weighted by Gasteiger charge is -2.36. The molecule has 0 spiro atoms. The minimum atomic E-state index is 0.0736. The van der Waals surface area contributed by atoms with Crippen LogP contribution in [0.1, 0.15) is 37.9 Å². The first-order valence-corrected chi connectivity index (χ1v) is 6.30. The first-order chi connectivity index (χ1) is 7.24. The molecule has 2 rings (SSSR count). The van der Waals surface area contributed by atoms with Crippen molar-refractivity contribution < 1.29 is 0 Å². The van der Waals surface area contributed by atoms with Crippen molar-refractivity contribution in [3.05, 3.63) is 5.82 Å². The van der Waals surface area contributed by atoms with Gasteiger partial charge >= 0.3 is 0 Å². The zero-order valence-corrected chi connectivity index (χ0v) is 9.94. The topological polar surface area (TPSA) is 63.8 Å². The van der Waals surface area contributed by atoms with Gasteiger partial charge < -0.3 is 11.1 Å². The molecule has 0 amide bonds.